The second-order valence-electron chi connectivity index (χ2n) is 7.26. The summed E-state index contributed by atoms with van der Waals surface area (Å²) < 4.78 is 2.01. The zero-order valence-electron chi connectivity index (χ0n) is 16.4. The summed E-state index contributed by atoms with van der Waals surface area (Å²) in [7, 11) is 0. The average molecular weight is 358 g/mol. The van der Waals surface area contributed by atoms with E-state index in [0.717, 1.165) is 12.2 Å². The van der Waals surface area contributed by atoms with E-state index in [-0.39, 0.29) is 6.04 Å². The number of aryl methyl sites for hydroxylation is 2. The molecule has 0 aliphatic carbocycles. The molecule has 0 fully saturated rings. The van der Waals surface area contributed by atoms with E-state index in [4.69, 9.17) is 0 Å². The molecule has 0 saturated heterocycles. The molecule has 0 amide bonds. The lowest BCUT2D eigenvalue weighted by molar-refractivity contribution is 0.565. The minimum Gasteiger partial charge on any atom is -0.357 e. The van der Waals surface area contributed by atoms with E-state index in [1.165, 1.54) is 39.0 Å². The second kappa shape index (κ2) is 7.05. The summed E-state index contributed by atoms with van der Waals surface area (Å²) in [6.45, 7) is 9.47. The number of hydrogen-bond acceptors (Lipinski definition) is 2. The van der Waals surface area contributed by atoms with Crippen molar-refractivity contribution in [1.82, 2.24) is 20.1 Å². The predicted molar refractivity (Wildman–Crippen MR) is 111 cm³/mol. The summed E-state index contributed by atoms with van der Waals surface area (Å²) in [4.78, 5) is 3.60. The number of rotatable bonds is 5. The van der Waals surface area contributed by atoms with Gasteiger partial charge in [-0.15, -0.1) is 0 Å². The van der Waals surface area contributed by atoms with E-state index in [1.807, 2.05) is 29.1 Å². The fourth-order valence-electron chi connectivity index (χ4n) is 3.77. The van der Waals surface area contributed by atoms with Crippen LogP contribution in [0, 0.1) is 20.8 Å². The Morgan fingerprint density at radius 3 is 2.56 bits per heavy atom. The number of fused-ring (bicyclic) bond motifs is 1. The molecule has 0 bridgehead atoms. The number of aromatic nitrogens is 3. The molecule has 4 heteroatoms. The summed E-state index contributed by atoms with van der Waals surface area (Å²) in [5.74, 6) is 0. The molecule has 0 aliphatic rings. The summed E-state index contributed by atoms with van der Waals surface area (Å²) >= 11 is 0. The van der Waals surface area contributed by atoms with Crippen LogP contribution in [0.2, 0.25) is 0 Å². The standard InChI is InChI=1S/C23H26N4/c1-15-9-8-12-20-16(2)22(26-23(15)20)14-24-17(3)21-13-25-27(18(21)4)19-10-6-5-7-11-19/h5-13,17,24,26H,14H2,1-4H3/t17-/m0/s1. The van der Waals surface area contributed by atoms with Crippen molar-refractivity contribution < 1.29 is 0 Å². The van der Waals surface area contributed by atoms with Crippen molar-refractivity contribution in [2.24, 2.45) is 0 Å². The largest absolute Gasteiger partial charge is 0.357 e. The molecular weight excluding hydrogens is 332 g/mol. The van der Waals surface area contributed by atoms with Crippen molar-refractivity contribution in [2.45, 2.75) is 40.3 Å². The molecule has 4 aromatic rings. The number of benzene rings is 2. The van der Waals surface area contributed by atoms with Crippen LogP contribution in [0.3, 0.4) is 0 Å². The summed E-state index contributed by atoms with van der Waals surface area (Å²) in [5.41, 5.74) is 8.59. The van der Waals surface area contributed by atoms with Gasteiger partial charge in [0.2, 0.25) is 0 Å². The molecule has 0 spiro atoms. The van der Waals surface area contributed by atoms with Gasteiger partial charge in [-0.1, -0.05) is 36.4 Å². The zero-order chi connectivity index (χ0) is 19.0. The molecule has 2 heterocycles. The van der Waals surface area contributed by atoms with Gasteiger partial charge in [0.05, 0.1) is 11.9 Å². The van der Waals surface area contributed by atoms with Crippen LogP contribution in [-0.4, -0.2) is 14.8 Å². The van der Waals surface area contributed by atoms with E-state index in [9.17, 15) is 0 Å². The summed E-state index contributed by atoms with van der Waals surface area (Å²) in [6, 6.07) is 17.0. The minimum atomic E-state index is 0.217. The third kappa shape index (κ3) is 3.17. The molecule has 4 rings (SSSR count). The lowest BCUT2D eigenvalue weighted by Crippen LogP contribution is -2.19. The van der Waals surface area contributed by atoms with Crippen molar-refractivity contribution >= 4 is 10.9 Å². The lowest BCUT2D eigenvalue weighted by atomic mass is 10.1. The number of aromatic amines is 1. The molecule has 0 radical (unpaired) electrons. The maximum absolute atomic E-state index is 4.59. The van der Waals surface area contributed by atoms with Gasteiger partial charge in [0.25, 0.3) is 0 Å². The van der Waals surface area contributed by atoms with E-state index in [1.54, 1.807) is 0 Å². The van der Waals surface area contributed by atoms with E-state index in [2.05, 4.69) is 73.4 Å². The number of H-pyrrole nitrogens is 1. The highest BCUT2D eigenvalue weighted by atomic mass is 15.3. The van der Waals surface area contributed by atoms with Gasteiger partial charge in [-0.2, -0.15) is 5.10 Å². The maximum atomic E-state index is 4.59. The van der Waals surface area contributed by atoms with Crippen LogP contribution in [0.25, 0.3) is 16.6 Å². The first kappa shape index (κ1) is 17.6. The van der Waals surface area contributed by atoms with Crippen molar-refractivity contribution in [1.29, 1.82) is 0 Å². The van der Waals surface area contributed by atoms with E-state index < -0.39 is 0 Å². The molecule has 0 saturated carbocycles. The smallest absolute Gasteiger partial charge is 0.0648 e. The summed E-state index contributed by atoms with van der Waals surface area (Å²) in [6.07, 6.45) is 1.97. The summed E-state index contributed by atoms with van der Waals surface area (Å²) in [5, 5.41) is 9.56. The highest BCUT2D eigenvalue weighted by molar-refractivity contribution is 5.86. The first-order chi connectivity index (χ1) is 13.1. The number of nitrogens with one attached hydrogen (secondary N) is 2. The normalized spacial score (nSPS) is 12.6. The van der Waals surface area contributed by atoms with Gasteiger partial charge in [0.15, 0.2) is 0 Å². The topological polar surface area (TPSA) is 45.6 Å². The lowest BCUT2D eigenvalue weighted by Gasteiger charge is -2.14. The molecule has 138 valence electrons. The van der Waals surface area contributed by atoms with Gasteiger partial charge >= 0.3 is 0 Å². The highest BCUT2D eigenvalue weighted by Crippen LogP contribution is 2.25. The van der Waals surface area contributed by atoms with Crippen molar-refractivity contribution in [2.75, 3.05) is 0 Å². The Morgan fingerprint density at radius 1 is 1.04 bits per heavy atom. The van der Waals surface area contributed by atoms with Gasteiger partial charge in [-0.25, -0.2) is 4.68 Å². The highest BCUT2D eigenvalue weighted by Gasteiger charge is 2.15. The Hall–Kier alpha value is -2.85. The van der Waals surface area contributed by atoms with Crippen LogP contribution in [0.1, 0.15) is 41.0 Å². The zero-order valence-corrected chi connectivity index (χ0v) is 16.4. The first-order valence-electron chi connectivity index (χ1n) is 9.46. The van der Waals surface area contributed by atoms with Gasteiger partial charge in [0, 0.05) is 40.4 Å². The number of nitrogens with zero attached hydrogens (tertiary/aromatic N) is 2. The van der Waals surface area contributed by atoms with Gasteiger partial charge in [-0.05, 0) is 51.0 Å². The SMILES string of the molecule is Cc1c(CN[C@@H](C)c2cnn(-c3ccccc3)c2C)[nH]c2c(C)cccc12. The third-order valence-corrected chi connectivity index (χ3v) is 5.51. The van der Waals surface area contributed by atoms with Crippen LogP contribution >= 0.6 is 0 Å². The number of hydrogen-bond donors (Lipinski definition) is 2. The van der Waals surface area contributed by atoms with Crippen LogP contribution in [-0.2, 0) is 6.54 Å². The number of para-hydroxylation sites is 2. The van der Waals surface area contributed by atoms with Gasteiger partial charge in [-0.3, -0.25) is 0 Å². The Kier molecular flexibility index (Phi) is 4.58. The fourth-order valence-corrected chi connectivity index (χ4v) is 3.77. The van der Waals surface area contributed by atoms with Crippen LogP contribution in [0.15, 0.2) is 54.7 Å². The molecule has 4 nitrogen and oxygen atoms in total. The maximum Gasteiger partial charge on any atom is 0.0648 e. The van der Waals surface area contributed by atoms with E-state index >= 15 is 0 Å². The Labute approximate surface area is 160 Å². The molecule has 27 heavy (non-hydrogen) atoms. The monoisotopic (exact) mass is 358 g/mol. The van der Waals surface area contributed by atoms with Crippen molar-refractivity contribution in [3.63, 3.8) is 0 Å². The molecular formula is C23H26N4. The molecule has 2 aromatic heterocycles. The Balaban J connectivity index is 1.54. The van der Waals surface area contributed by atoms with Crippen LogP contribution in [0.5, 0.6) is 0 Å². The first-order valence-corrected chi connectivity index (χ1v) is 9.46. The van der Waals surface area contributed by atoms with Gasteiger partial charge < -0.3 is 10.3 Å². The molecule has 0 aliphatic heterocycles. The minimum absolute atomic E-state index is 0.217. The average Bonchev–Trinajstić information content (AvgIpc) is 3.22. The Bertz CT molecular complexity index is 1070. The molecule has 0 unspecified atom stereocenters. The predicted octanol–water partition coefficient (Wildman–Crippen LogP) is 5.13. The second-order valence-corrected chi connectivity index (χ2v) is 7.26. The van der Waals surface area contributed by atoms with Crippen molar-refractivity contribution in [3.8, 4) is 5.69 Å². The van der Waals surface area contributed by atoms with Crippen LogP contribution < -0.4 is 5.32 Å². The molecule has 2 N–H and O–H groups in total. The van der Waals surface area contributed by atoms with E-state index in [0.29, 0.717) is 0 Å². The quantitative estimate of drug-likeness (QED) is 0.519. The van der Waals surface area contributed by atoms with Crippen molar-refractivity contribution in [3.05, 3.63) is 82.8 Å². The fraction of sp³-hybridized carbons (Fsp3) is 0.261. The third-order valence-electron chi connectivity index (χ3n) is 5.51. The Morgan fingerprint density at radius 2 is 1.81 bits per heavy atom. The van der Waals surface area contributed by atoms with Gasteiger partial charge in [0.1, 0.15) is 0 Å². The molecule has 1 atom stereocenters. The van der Waals surface area contributed by atoms with Crippen LogP contribution in [0.4, 0.5) is 0 Å². The molecule has 2 aromatic carbocycles.